The molecule has 2 aromatic rings. The van der Waals surface area contributed by atoms with Gasteiger partial charge in [0.1, 0.15) is 0 Å². The van der Waals surface area contributed by atoms with Crippen molar-refractivity contribution in [3.8, 4) is 0 Å². The Kier molecular flexibility index (Phi) is 5.42. The summed E-state index contributed by atoms with van der Waals surface area (Å²) in [5, 5.41) is 10.5. The molecule has 5 rings (SSSR count). The maximum Gasteiger partial charge on any atom is 0.330 e. The van der Waals surface area contributed by atoms with E-state index < -0.39 is 41.2 Å². The highest BCUT2D eigenvalue weighted by molar-refractivity contribution is 6.24. The van der Waals surface area contributed by atoms with Crippen LogP contribution < -0.4 is 9.80 Å². The second-order valence-electron chi connectivity index (χ2n) is 10.1. The van der Waals surface area contributed by atoms with Gasteiger partial charge in [0.05, 0.1) is 23.6 Å². The van der Waals surface area contributed by atoms with Gasteiger partial charge in [-0.2, -0.15) is 0 Å². The fourth-order valence-corrected chi connectivity index (χ4v) is 5.81. The van der Waals surface area contributed by atoms with Crippen LogP contribution >= 0.6 is 0 Å². The van der Waals surface area contributed by atoms with Gasteiger partial charge >= 0.3 is 5.97 Å². The summed E-state index contributed by atoms with van der Waals surface area (Å²) < 4.78 is 0. The number of carboxylic acids is 1. The third-order valence-corrected chi connectivity index (χ3v) is 7.97. The Hall–Kier alpha value is -3.68. The molecule has 0 spiro atoms. The second kappa shape index (κ2) is 8.22. The lowest BCUT2D eigenvalue weighted by Crippen LogP contribution is -2.59. The first-order valence-electron chi connectivity index (χ1n) is 11.9. The van der Waals surface area contributed by atoms with E-state index in [1.54, 1.807) is 30.3 Å². The van der Waals surface area contributed by atoms with E-state index in [1.807, 2.05) is 43.3 Å². The van der Waals surface area contributed by atoms with Crippen LogP contribution in [0.3, 0.4) is 0 Å². The molecule has 4 unspecified atom stereocenters. The molecule has 2 aliphatic heterocycles. The number of anilines is 2. The van der Waals surface area contributed by atoms with E-state index in [4.69, 9.17) is 0 Å². The number of carbonyl (C=O) groups is 4. The molecule has 3 amide bonds. The van der Waals surface area contributed by atoms with Crippen molar-refractivity contribution in [1.82, 2.24) is 4.90 Å². The zero-order valence-electron chi connectivity index (χ0n) is 20.0. The number of benzene rings is 2. The van der Waals surface area contributed by atoms with Crippen LogP contribution in [0.25, 0.3) is 0 Å². The summed E-state index contributed by atoms with van der Waals surface area (Å²) in [5.74, 6) is -5.06. The van der Waals surface area contributed by atoms with Gasteiger partial charge in [-0.3, -0.25) is 14.4 Å². The summed E-state index contributed by atoms with van der Waals surface area (Å²) in [6, 6.07) is 15.1. The van der Waals surface area contributed by atoms with Gasteiger partial charge in [-0.1, -0.05) is 36.8 Å². The van der Waals surface area contributed by atoms with Crippen LogP contribution in [0.4, 0.5) is 11.4 Å². The molecule has 3 fully saturated rings. The molecule has 182 valence electrons. The molecule has 3 aliphatic rings. The molecule has 0 aromatic heterocycles. The van der Waals surface area contributed by atoms with Crippen LogP contribution in [0.15, 0.2) is 54.6 Å². The number of carboxylic acid groups (broad SMARTS) is 1. The van der Waals surface area contributed by atoms with Crippen LogP contribution in [0, 0.1) is 17.8 Å². The Morgan fingerprint density at radius 1 is 0.971 bits per heavy atom. The van der Waals surface area contributed by atoms with Gasteiger partial charge in [0.15, 0.2) is 5.54 Å². The van der Waals surface area contributed by atoms with Gasteiger partial charge in [0.25, 0.3) is 0 Å². The van der Waals surface area contributed by atoms with Gasteiger partial charge in [0.2, 0.25) is 17.7 Å². The van der Waals surface area contributed by atoms with E-state index in [2.05, 4.69) is 0 Å². The summed E-state index contributed by atoms with van der Waals surface area (Å²) in [6.45, 7) is 1.43. The van der Waals surface area contributed by atoms with E-state index in [0.717, 1.165) is 17.0 Å². The number of hydrogen-bond acceptors (Lipinski definition) is 5. The van der Waals surface area contributed by atoms with E-state index in [0.29, 0.717) is 24.1 Å². The summed E-state index contributed by atoms with van der Waals surface area (Å²) in [6.07, 6.45) is 2.28. The molecule has 2 aromatic carbocycles. The molecule has 8 nitrogen and oxygen atoms in total. The standard InChI is InChI=1S/C27H29N3O5/c1-27(26(34)35)21-20(24(32)29(25(21)33)19-10-5-4-6-11-19)22(30(27)23(31)17-8-7-9-17)16-12-14-18(15-13-16)28(2)3/h4-6,10-15,17,20-22H,7-9H2,1-3H3,(H,34,35). The zero-order valence-corrected chi connectivity index (χ0v) is 20.0. The predicted octanol–water partition coefficient (Wildman–Crippen LogP) is 3.09. The first-order valence-corrected chi connectivity index (χ1v) is 11.9. The lowest BCUT2D eigenvalue weighted by Gasteiger charge is -2.42. The van der Waals surface area contributed by atoms with Gasteiger partial charge in [-0.05, 0) is 49.6 Å². The van der Waals surface area contributed by atoms with Crippen molar-refractivity contribution >= 4 is 35.1 Å². The average Bonchev–Trinajstić information content (AvgIpc) is 3.23. The molecular weight excluding hydrogens is 446 g/mol. The van der Waals surface area contributed by atoms with Crippen molar-refractivity contribution in [2.75, 3.05) is 23.9 Å². The first kappa shape index (κ1) is 23.1. The fraction of sp³-hybridized carbons (Fsp3) is 0.407. The average molecular weight is 476 g/mol. The predicted molar refractivity (Wildman–Crippen MR) is 130 cm³/mol. The molecule has 0 radical (unpaired) electrons. The highest BCUT2D eigenvalue weighted by Crippen LogP contribution is 2.56. The first-order chi connectivity index (χ1) is 16.7. The van der Waals surface area contributed by atoms with Gasteiger partial charge in [0, 0.05) is 25.7 Å². The van der Waals surface area contributed by atoms with Crippen molar-refractivity contribution in [2.45, 2.75) is 37.8 Å². The van der Waals surface area contributed by atoms with E-state index >= 15 is 0 Å². The summed E-state index contributed by atoms with van der Waals surface area (Å²) in [5.41, 5.74) is 0.141. The monoisotopic (exact) mass is 475 g/mol. The number of rotatable bonds is 5. The maximum absolute atomic E-state index is 13.9. The van der Waals surface area contributed by atoms with Crippen molar-refractivity contribution < 1.29 is 24.3 Å². The number of aliphatic carboxylic acids is 1. The molecule has 1 aliphatic carbocycles. The van der Waals surface area contributed by atoms with E-state index in [-0.39, 0.29) is 11.8 Å². The molecule has 1 saturated carbocycles. The number of nitrogens with zero attached hydrogens (tertiary/aromatic N) is 3. The summed E-state index contributed by atoms with van der Waals surface area (Å²) in [4.78, 5) is 58.6. The molecular formula is C27H29N3O5. The SMILES string of the molecule is CN(C)c1ccc(C2C3C(=O)N(c4ccccc4)C(=O)C3C(C)(C(=O)O)N2C(=O)C2CCC2)cc1. The zero-order chi connectivity index (χ0) is 25.1. The normalized spacial score (nSPS) is 28.1. The smallest absolute Gasteiger partial charge is 0.330 e. The molecule has 8 heteroatoms. The Morgan fingerprint density at radius 2 is 1.60 bits per heavy atom. The Balaban J connectivity index is 1.68. The molecule has 2 saturated heterocycles. The highest BCUT2D eigenvalue weighted by atomic mass is 16.4. The van der Waals surface area contributed by atoms with Crippen molar-refractivity contribution in [3.05, 3.63) is 60.2 Å². The van der Waals surface area contributed by atoms with Crippen LogP contribution in [0.5, 0.6) is 0 Å². The van der Waals surface area contributed by atoms with E-state index in [9.17, 15) is 24.3 Å². The number of amides is 3. The minimum atomic E-state index is -1.85. The fourth-order valence-electron chi connectivity index (χ4n) is 5.81. The van der Waals surface area contributed by atoms with Crippen LogP contribution in [0.2, 0.25) is 0 Å². The molecule has 2 heterocycles. The summed E-state index contributed by atoms with van der Waals surface area (Å²) >= 11 is 0. The number of para-hydroxylation sites is 1. The number of fused-ring (bicyclic) bond motifs is 1. The second-order valence-corrected chi connectivity index (χ2v) is 10.1. The van der Waals surface area contributed by atoms with Crippen LogP contribution in [0.1, 0.15) is 37.8 Å². The highest BCUT2D eigenvalue weighted by Gasteiger charge is 2.72. The Morgan fingerprint density at radius 3 is 2.11 bits per heavy atom. The Labute approximate surface area is 204 Å². The molecule has 1 N–H and O–H groups in total. The third-order valence-electron chi connectivity index (χ3n) is 7.97. The quantitative estimate of drug-likeness (QED) is 0.668. The Bertz CT molecular complexity index is 1190. The lowest BCUT2D eigenvalue weighted by atomic mass is 9.79. The van der Waals surface area contributed by atoms with Gasteiger partial charge in [-0.15, -0.1) is 0 Å². The van der Waals surface area contributed by atoms with Crippen LogP contribution in [-0.2, 0) is 19.2 Å². The topological polar surface area (TPSA) is 98.2 Å². The van der Waals surface area contributed by atoms with Crippen molar-refractivity contribution in [3.63, 3.8) is 0 Å². The number of hydrogen-bond donors (Lipinski definition) is 1. The van der Waals surface area contributed by atoms with Crippen molar-refractivity contribution in [2.24, 2.45) is 17.8 Å². The largest absolute Gasteiger partial charge is 0.479 e. The number of carbonyl (C=O) groups excluding carboxylic acids is 3. The minimum absolute atomic E-state index is 0.286. The van der Waals surface area contributed by atoms with Crippen molar-refractivity contribution in [1.29, 1.82) is 0 Å². The molecule has 0 bridgehead atoms. The maximum atomic E-state index is 13.9. The lowest BCUT2D eigenvalue weighted by molar-refractivity contribution is -0.163. The number of likely N-dealkylation sites (tertiary alicyclic amines) is 1. The van der Waals surface area contributed by atoms with Crippen LogP contribution in [-0.4, -0.2) is 53.3 Å². The molecule has 35 heavy (non-hydrogen) atoms. The summed E-state index contributed by atoms with van der Waals surface area (Å²) in [7, 11) is 3.82. The molecule has 4 atom stereocenters. The third kappa shape index (κ3) is 3.26. The number of imide groups is 1. The minimum Gasteiger partial charge on any atom is -0.479 e. The van der Waals surface area contributed by atoms with Gasteiger partial charge in [-0.25, -0.2) is 9.69 Å². The van der Waals surface area contributed by atoms with E-state index in [1.165, 1.54) is 11.8 Å². The van der Waals surface area contributed by atoms with Gasteiger partial charge < -0.3 is 14.9 Å².